The van der Waals surface area contributed by atoms with Crippen molar-refractivity contribution in [3.63, 3.8) is 0 Å². The SMILES string of the molecule is C=CC(=O)N1CCOC(C)(C#N)C1. The molecule has 70 valence electrons. The van der Waals surface area contributed by atoms with Gasteiger partial charge in [0.15, 0.2) is 5.60 Å². The van der Waals surface area contributed by atoms with E-state index in [0.717, 1.165) is 0 Å². The lowest BCUT2D eigenvalue weighted by molar-refractivity contribution is -0.137. The van der Waals surface area contributed by atoms with Crippen LogP contribution in [-0.2, 0) is 9.53 Å². The van der Waals surface area contributed by atoms with Crippen molar-refractivity contribution in [2.45, 2.75) is 12.5 Å². The van der Waals surface area contributed by atoms with Crippen LogP contribution >= 0.6 is 0 Å². The Morgan fingerprint density at radius 3 is 3.08 bits per heavy atom. The molecular weight excluding hydrogens is 168 g/mol. The maximum atomic E-state index is 11.2. The molecule has 0 aliphatic carbocycles. The predicted octanol–water partition coefficient (Wildman–Crippen LogP) is 0.313. The van der Waals surface area contributed by atoms with Crippen LogP contribution in [0.25, 0.3) is 0 Å². The topological polar surface area (TPSA) is 53.3 Å². The van der Waals surface area contributed by atoms with Crippen molar-refractivity contribution in [1.29, 1.82) is 5.26 Å². The second-order valence-corrected chi connectivity index (χ2v) is 3.16. The zero-order valence-corrected chi connectivity index (χ0v) is 7.62. The number of amides is 1. The zero-order valence-electron chi connectivity index (χ0n) is 7.62. The molecule has 0 aromatic carbocycles. The minimum Gasteiger partial charge on any atom is -0.357 e. The highest BCUT2D eigenvalue weighted by atomic mass is 16.5. The summed E-state index contributed by atoms with van der Waals surface area (Å²) in [4.78, 5) is 12.8. The van der Waals surface area contributed by atoms with Gasteiger partial charge < -0.3 is 9.64 Å². The van der Waals surface area contributed by atoms with Gasteiger partial charge in [-0.05, 0) is 13.0 Å². The molecule has 1 atom stereocenters. The van der Waals surface area contributed by atoms with Gasteiger partial charge in [0.05, 0.1) is 19.2 Å². The molecule has 1 aliphatic heterocycles. The Bertz CT molecular complexity index is 269. The summed E-state index contributed by atoms with van der Waals surface area (Å²) in [5.41, 5.74) is -0.864. The van der Waals surface area contributed by atoms with Crippen LogP contribution in [0.1, 0.15) is 6.92 Å². The number of hydrogen-bond donors (Lipinski definition) is 0. The highest BCUT2D eigenvalue weighted by Crippen LogP contribution is 2.16. The van der Waals surface area contributed by atoms with Crippen LogP contribution in [0, 0.1) is 11.3 Å². The van der Waals surface area contributed by atoms with Gasteiger partial charge in [-0.1, -0.05) is 6.58 Å². The first-order valence-corrected chi connectivity index (χ1v) is 4.08. The lowest BCUT2D eigenvalue weighted by Gasteiger charge is -2.35. The summed E-state index contributed by atoms with van der Waals surface area (Å²) in [5, 5.41) is 8.78. The molecule has 0 spiro atoms. The monoisotopic (exact) mass is 180 g/mol. The Balaban J connectivity index is 2.68. The molecule has 0 N–H and O–H groups in total. The van der Waals surface area contributed by atoms with E-state index >= 15 is 0 Å². The number of rotatable bonds is 1. The van der Waals surface area contributed by atoms with Crippen LogP contribution < -0.4 is 0 Å². The first kappa shape index (κ1) is 9.75. The van der Waals surface area contributed by atoms with E-state index in [9.17, 15) is 4.79 Å². The van der Waals surface area contributed by atoms with Crippen LogP contribution in [0.5, 0.6) is 0 Å². The first-order valence-electron chi connectivity index (χ1n) is 4.08. The molecule has 1 saturated heterocycles. The Labute approximate surface area is 77.4 Å². The van der Waals surface area contributed by atoms with E-state index in [2.05, 4.69) is 6.58 Å². The molecule has 0 bridgehead atoms. The summed E-state index contributed by atoms with van der Waals surface area (Å²) in [6.07, 6.45) is 1.25. The first-order chi connectivity index (χ1) is 6.11. The van der Waals surface area contributed by atoms with Crippen molar-refractivity contribution in [3.05, 3.63) is 12.7 Å². The summed E-state index contributed by atoms with van der Waals surface area (Å²) >= 11 is 0. The lowest BCUT2D eigenvalue weighted by atomic mass is 10.1. The number of hydrogen-bond acceptors (Lipinski definition) is 3. The van der Waals surface area contributed by atoms with Gasteiger partial charge in [0.2, 0.25) is 5.91 Å². The lowest BCUT2D eigenvalue weighted by Crippen LogP contribution is -2.51. The number of nitriles is 1. The van der Waals surface area contributed by atoms with Crippen LogP contribution in [0.3, 0.4) is 0 Å². The predicted molar refractivity (Wildman–Crippen MR) is 46.7 cm³/mol. The zero-order chi connectivity index (χ0) is 9.90. The van der Waals surface area contributed by atoms with E-state index in [4.69, 9.17) is 10.00 Å². The van der Waals surface area contributed by atoms with Gasteiger partial charge in [0.25, 0.3) is 0 Å². The molecule has 0 radical (unpaired) electrons. The molecule has 1 fully saturated rings. The van der Waals surface area contributed by atoms with Crippen molar-refractivity contribution in [3.8, 4) is 6.07 Å². The molecule has 13 heavy (non-hydrogen) atoms. The minimum atomic E-state index is -0.864. The third-order valence-electron chi connectivity index (χ3n) is 2.00. The Hall–Kier alpha value is -1.34. The Morgan fingerprint density at radius 2 is 2.54 bits per heavy atom. The van der Waals surface area contributed by atoms with Crippen molar-refractivity contribution in [2.75, 3.05) is 19.7 Å². The molecular formula is C9H12N2O2. The van der Waals surface area contributed by atoms with Crippen molar-refractivity contribution < 1.29 is 9.53 Å². The number of nitrogens with zero attached hydrogens (tertiary/aromatic N) is 2. The molecule has 4 heteroatoms. The van der Waals surface area contributed by atoms with E-state index in [1.54, 1.807) is 11.8 Å². The van der Waals surface area contributed by atoms with Crippen LogP contribution in [0.4, 0.5) is 0 Å². The number of morpholine rings is 1. The van der Waals surface area contributed by atoms with Crippen LogP contribution in [0.15, 0.2) is 12.7 Å². The van der Waals surface area contributed by atoms with Crippen LogP contribution in [-0.4, -0.2) is 36.1 Å². The van der Waals surface area contributed by atoms with E-state index in [-0.39, 0.29) is 5.91 Å². The molecule has 1 rings (SSSR count). The fraction of sp³-hybridized carbons (Fsp3) is 0.556. The van der Waals surface area contributed by atoms with Gasteiger partial charge in [0, 0.05) is 6.54 Å². The Morgan fingerprint density at radius 1 is 1.85 bits per heavy atom. The normalized spacial score (nSPS) is 27.8. The van der Waals surface area contributed by atoms with Crippen LogP contribution in [0.2, 0.25) is 0 Å². The second kappa shape index (κ2) is 3.58. The maximum absolute atomic E-state index is 11.2. The third-order valence-corrected chi connectivity index (χ3v) is 2.00. The second-order valence-electron chi connectivity index (χ2n) is 3.16. The molecule has 1 unspecified atom stereocenters. The molecule has 4 nitrogen and oxygen atoms in total. The fourth-order valence-corrected chi connectivity index (χ4v) is 1.25. The average molecular weight is 180 g/mol. The average Bonchev–Trinajstić information content (AvgIpc) is 2.17. The van der Waals surface area contributed by atoms with Crippen molar-refractivity contribution in [2.24, 2.45) is 0 Å². The van der Waals surface area contributed by atoms with Crippen molar-refractivity contribution in [1.82, 2.24) is 4.90 Å². The summed E-state index contributed by atoms with van der Waals surface area (Å²) in [6.45, 7) is 6.32. The number of ether oxygens (including phenoxy) is 1. The summed E-state index contributed by atoms with van der Waals surface area (Å²) < 4.78 is 5.25. The molecule has 0 saturated carbocycles. The van der Waals surface area contributed by atoms with E-state index < -0.39 is 5.60 Å². The highest BCUT2D eigenvalue weighted by molar-refractivity contribution is 5.87. The molecule has 1 heterocycles. The van der Waals surface area contributed by atoms with Gasteiger partial charge in [-0.25, -0.2) is 0 Å². The van der Waals surface area contributed by atoms with E-state index in [0.29, 0.717) is 19.7 Å². The summed E-state index contributed by atoms with van der Waals surface area (Å²) in [7, 11) is 0. The molecule has 0 aromatic heterocycles. The van der Waals surface area contributed by atoms with E-state index in [1.807, 2.05) is 6.07 Å². The number of carbonyl (C=O) groups excluding carboxylic acids is 1. The molecule has 1 aliphatic rings. The quantitative estimate of drug-likeness (QED) is 0.546. The summed E-state index contributed by atoms with van der Waals surface area (Å²) in [6, 6.07) is 2.04. The third kappa shape index (κ3) is 2.07. The largest absolute Gasteiger partial charge is 0.357 e. The van der Waals surface area contributed by atoms with Gasteiger partial charge in [0.1, 0.15) is 0 Å². The maximum Gasteiger partial charge on any atom is 0.246 e. The standard InChI is InChI=1S/C9H12N2O2/c1-3-8(12)11-4-5-13-9(2,6-10)7-11/h3H,1,4-5,7H2,2H3. The highest BCUT2D eigenvalue weighted by Gasteiger charge is 2.33. The fourth-order valence-electron chi connectivity index (χ4n) is 1.25. The van der Waals surface area contributed by atoms with Gasteiger partial charge in [-0.15, -0.1) is 0 Å². The van der Waals surface area contributed by atoms with Crippen molar-refractivity contribution >= 4 is 5.91 Å². The van der Waals surface area contributed by atoms with Gasteiger partial charge in [-0.2, -0.15) is 5.26 Å². The van der Waals surface area contributed by atoms with Gasteiger partial charge in [-0.3, -0.25) is 4.79 Å². The Kier molecular flexibility index (Phi) is 2.69. The minimum absolute atomic E-state index is 0.148. The smallest absolute Gasteiger partial charge is 0.246 e. The molecule has 1 amide bonds. The molecule has 0 aromatic rings. The van der Waals surface area contributed by atoms with Gasteiger partial charge >= 0.3 is 0 Å². The van der Waals surface area contributed by atoms with E-state index in [1.165, 1.54) is 6.08 Å². The summed E-state index contributed by atoms with van der Waals surface area (Å²) in [5.74, 6) is -0.148. The number of carbonyl (C=O) groups is 1.